The van der Waals surface area contributed by atoms with Crippen molar-refractivity contribution in [3.05, 3.63) is 75.4 Å². The molecule has 1 amide bonds. The molecule has 1 saturated heterocycles. The topological polar surface area (TPSA) is 67.3 Å². The number of nitrogens with one attached hydrogen (secondary N) is 1. The molecule has 2 heterocycles. The Morgan fingerprint density at radius 2 is 1.97 bits per heavy atom. The lowest BCUT2D eigenvalue weighted by atomic mass is 9.79. The summed E-state index contributed by atoms with van der Waals surface area (Å²) in [7, 11) is 0. The summed E-state index contributed by atoms with van der Waals surface area (Å²) in [6.45, 7) is 6.95. The maximum absolute atomic E-state index is 12.6. The second-order valence-corrected chi connectivity index (χ2v) is 12.1. The van der Waals surface area contributed by atoms with Crippen LogP contribution in [0, 0.1) is 0 Å². The van der Waals surface area contributed by atoms with E-state index in [2.05, 4.69) is 34.6 Å². The highest BCUT2D eigenvalue weighted by Gasteiger charge is 2.29. The number of ether oxygens (including phenoxy) is 1. The Hall–Kier alpha value is -2.83. The predicted octanol–water partition coefficient (Wildman–Crippen LogP) is 7.53. The maximum atomic E-state index is 12.6. The van der Waals surface area contributed by atoms with Crippen molar-refractivity contribution in [3.8, 4) is 11.3 Å². The highest BCUT2D eigenvalue weighted by molar-refractivity contribution is 6.42. The van der Waals surface area contributed by atoms with Gasteiger partial charge in [0.2, 0.25) is 5.95 Å². The SMILES string of the molecule is CC(C)(C)OC(=O)N1CCC[C@@H](Nc2ncc3c(n2)-c2ccccc2C(CCc2ccc(Cl)c(Cl)c2)C3)C1. The molecule has 1 aliphatic carbocycles. The van der Waals surface area contributed by atoms with Gasteiger partial charge in [-0.3, -0.25) is 0 Å². The van der Waals surface area contributed by atoms with Gasteiger partial charge in [-0.25, -0.2) is 14.8 Å². The molecule has 0 radical (unpaired) electrons. The van der Waals surface area contributed by atoms with Crippen molar-refractivity contribution in [1.29, 1.82) is 0 Å². The minimum Gasteiger partial charge on any atom is -0.444 e. The molecule has 3 aromatic rings. The Balaban J connectivity index is 1.29. The number of anilines is 1. The average Bonchev–Trinajstić information content (AvgIpc) is 2.88. The molecule has 1 unspecified atom stereocenters. The van der Waals surface area contributed by atoms with Crippen LogP contribution in [0.5, 0.6) is 0 Å². The van der Waals surface area contributed by atoms with E-state index in [1.807, 2.05) is 45.2 Å². The van der Waals surface area contributed by atoms with Crippen molar-refractivity contribution in [3.63, 3.8) is 0 Å². The van der Waals surface area contributed by atoms with Gasteiger partial charge in [0, 0.05) is 30.9 Å². The molecule has 1 fully saturated rings. The molecule has 0 bridgehead atoms. The molecule has 1 aromatic heterocycles. The zero-order chi connectivity index (χ0) is 26.9. The fourth-order valence-electron chi connectivity index (χ4n) is 5.37. The van der Waals surface area contributed by atoms with Crippen LogP contribution in [0.3, 0.4) is 0 Å². The molecule has 8 heteroatoms. The number of nitrogens with zero attached hydrogens (tertiary/aromatic N) is 3. The lowest BCUT2D eigenvalue weighted by molar-refractivity contribution is 0.0206. The summed E-state index contributed by atoms with van der Waals surface area (Å²) >= 11 is 12.3. The van der Waals surface area contributed by atoms with Crippen molar-refractivity contribution in [2.45, 2.75) is 70.4 Å². The maximum Gasteiger partial charge on any atom is 0.410 e. The van der Waals surface area contributed by atoms with Crippen LogP contribution in [0.1, 0.15) is 62.6 Å². The van der Waals surface area contributed by atoms with Gasteiger partial charge in [0.15, 0.2) is 0 Å². The van der Waals surface area contributed by atoms with Crippen molar-refractivity contribution in [2.75, 3.05) is 18.4 Å². The smallest absolute Gasteiger partial charge is 0.410 e. The molecule has 0 saturated carbocycles. The number of hydrogen-bond acceptors (Lipinski definition) is 5. The highest BCUT2D eigenvalue weighted by atomic mass is 35.5. The third kappa shape index (κ3) is 6.24. The summed E-state index contributed by atoms with van der Waals surface area (Å²) in [5.41, 5.74) is 5.31. The second kappa shape index (κ2) is 11.1. The lowest BCUT2D eigenvalue weighted by Crippen LogP contribution is -2.47. The minimum absolute atomic E-state index is 0.0760. The van der Waals surface area contributed by atoms with E-state index >= 15 is 0 Å². The molecular weight excluding hydrogens is 519 g/mol. The molecule has 0 spiro atoms. The van der Waals surface area contributed by atoms with Crippen LogP contribution in [-0.2, 0) is 17.6 Å². The molecule has 2 aromatic carbocycles. The van der Waals surface area contributed by atoms with Crippen LogP contribution in [0.25, 0.3) is 11.3 Å². The van der Waals surface area contributed by atoms with E-state index in [1.54, 1.807) is 4.90 Å². The van der Waals surface area contributed by atoms with Crippen LogP contribution in [0.4, 0.5) is 10.7 Å². The van der Waals surface area contributed by atoms with E-state index in [-0.39, 0.29) is 12.1 Å². The number of hydrogen-bond donors (Lipinski definition) is 1. The predicted molar refractivity (Wildman–Crippen MR) is 153 cm³/mol. The quantitative estimate of drug-likeness (QED) is 0.354. The van der Waals surface area contributed by atoms with Gasteiger partial charge in [-0.15, -0.1) is 0 Å². The summed E-state index contributed by atoms with van der Waals surface area (Å²) in [4.78, 5) is 24.0. The third-order valence-corrected chi connectivity index (χ3v) is 7.90. The van der Waals surface area contributed by atoms with Crippen LogP contribution in [0.2, 0.25) is 10.0 Å². The van der Waals surface area contributed by atoms with Crippen LogP contribution >= 0.6 is 23.2 Å². The Morgan fingerprint density at radius 3 is 2.76 bits per heavy atom. The van der Waals surface area contributed by atoms with Gasteiger partial charge < -0.3 is 15.0 Å². The number of benzene rings is 2. The highest BCUT2D eigenvalue weighted by Crippen LogP contribution is 2.41. The Kier molecular flexibility index (Phi) is 7.83. The fourth-order valence-corrected chi connectivity index (χ4v) is 5.69. The standard InChI is InChI=1S/C30H34Cl2N4O2/c1-30(2,3)38-29(37)36-14-6-7-22(18-36)34-28-33-17-21-16-20(12-10-19-11-13-25(31)26(32)15-19)23-8-4-5-9-24(23)27(21)35-28/h4-5,8-9,11,13,15,17,20,22H,6-7,10,12,14,16,18H2,1-3H3,(H,33,34,35)/t20?,22-/m1/s1. The van der Waals surface area contributed by atoms with Crippen molar-refractivity contribution in [2.24, 2.45) is 0 Å². The van der Waals surface area contributed by atoms with Gasteiger partial charge in [-0.05, 0) is 87.6 Å². The number of piperidine rings is 1. The number of rotatable bonds is 5. The first-order valence-electron chi connectivity index (χ1n) is 13.3. The van der Waals surface area contributed by atoms with Gasteiger partial charge in [0.1, 0.15) is 5.60 Å². The lowest BCUT2D eigenvalue weighted by Gasteiger charge is -2.34. The molecular formula is C30H34Cl2N4O2. The summed E-state index contributed by atoms with van der Waals surface area (Å²) in [5, 5.41) is 4.66. The average molecular weight is 554 g/mol. The van der Waals surface area contributed by atoms with Gasteiger partial charge in [-0.1, -0.05) is 53.5 Å². The number of carbonyl (C=O) groups is 1. The Morgan fingerprint density at radius 1 is 1.16 bits per heavy atom. The number of halogens is 2. The van der Waals surface area contributed by atoms with E-state index in [4.69, 9.17) is 32.9 Å². The minimum atomic E-state index is -0.508. The third-order valence-electron chi connectivity index (χ3n) is 7.16. The van der Waals surface area contributed by atoms with Crippen molar-refractivity contribution < 1.29 is 9.53 Å². The summed E-state index contributed by atoms with van der Waals surface area (Å²) in [5.74, 6) is 0.972. The van der Waals surface area contributed by atoms with E-state index in [0.29, 0.717) is 35.0 Å². The van der Waals surface area contributed by atoms with Gasteiger partial charge in [0.25, 0.3) is 0 Å². The fraction of sp³-hybridized carbons (Fsp3) is 0.433. The van der Waals surface area contributed by atoms with E-state index < -0.39 is 5.60 Å². The molecule has 5 rings (SSSR count). The van der Waals surface area contributed by atoms with E-state index in [9.17, 15) is 4.79 Å². The summed E-state index contributed by atoms with van der Waals surface area (Å²) in [6.07, 6.45) is 6.36. The molecule has 2 atom stereocenters. The van der Waals surface area contributed by atoms with Gasteiger partial charge in [-0.2, -0.15) is 0 Å². The molecule has 38 heavy (non-hydrogen) atoms. The Bertz CT molecular complexity index is 1320. The zero-order valence-corrected chi connectivity index (χ0v) is 23.6. The van der Waals surface area contributed by atoms with Crippen molar-refractivity contribution in [1.82, 2.24) is 14.9 Å². The van der Waals surface area contributed by atoms with Crippen LogP contribution in [0.15, 0.2) is 48.7 Å². The zero-order valence-electron chi connectivity index (χ0n) is 22.1. The first-order chi connectivity index (χ1) is 18.2. The number of carbonyl (C=O) groups excluding carboxylic acids is 1. The molecule has 6 nitrogen and oxygen atoms in total. The van der Waals surface area contributed by atoms with Gasteiger partial charge >= 0.3 is 6.09 Å². The van der Waals surface area contributed by atoms with Crippen LogP contribution < -0.4 is 5.32 Å². The van der Waals surface area contributed by atoms with Crippen LogP contribution in [-0.4, -0.2) is 45.7 Å². The number of fused-ring (bicyclic) bond motifs is 3. The normalized spacial score (nSPS) is 18.9. The molecule has 2 aliphatic rings. The Labute approximate surface area is 234 Å². The number of amides is 1. The summed E-state index contributed by atoms with van der Waals surface area (Å²) in [6, 6.07) is 14.5. The largest absolute Gasteiger partial charge is 0.444 e. The number of aromatic nitrogens is 2. The molecule has 1 aliphatic heterocycles. The first-order valence-corrected chi connectivity index (χ1v) is 14.1. The van der Waals surface area contributed by atoms with Crippen molar-refractivity contribution >= 4 is 35.2 Å². The molecule has 1 N–H and O–H groups in total. The summed E-state index contributed by atoms with van der Waals surface area (Å²) < 4.78 is 5.57. The van der Waals surface area contributed by atoms with E-state index in [1.165, 1.54) is 11.1 Å². The monoisotopic (exact) mass is 552 g/mol. The number of aryl methyl sites for hydroxylation is 1. The van der Waals surface area contributed by atoms with E-state index in [0.717, 1.165) is 48.9 Å². The number of likely N-dealkylation sites (tertiary alicyclic amines) is 1. The van der Waals surface area contributed by atoms with Gasteiger partial charge in [0.05, 0.1) is 15.7 Å². The first kappa shape index (κ1) is 26.8. The second-order valence-electron chi connectivity index (χ2n) is 11.3. The molecule has 200 valence electrons.